The van der Waals surface area contributed by atoms with Gasteiger partial charge in [0.05, 0.1) is 6.26 Å². The van der Waals surface area contributed by atoms with E-state index in [1.807, 2.05) is 6.92 Å². The van der Waals surface area contributed by atoms with Crippen LogP contribution in [0.1, 0.15) is 23.7 Å². The first kappa shape index (κ1) is 6.92. The van der Waals surface area contributed by atoms with E-state index >= 15 is 0 Å². The van der Waals surface area contributed by atoms with E-state index in [0.717, 1.165) is 12.3 Å². The smallest absolute Gasteiger partial charge is 0.104 e. The maximum Gasteiger partial charge on any atom is 0.104 e. The van der Waals surface area contributed by atoms with Crippen LogP contribution in [0.4, 0.5) is 0 Å². The highest BCUT2D eigenvalue weighted by Gasteiger charge is 2.38. The Kier molecular flexibility index (Phi) is 1.50. The zero-order valence-electron chi connectivity index (χ0n) is 6.71. The molecule has 1 saturated carbocycles. The third kappa shape index (κ3) is 1.07. The summed E-state index contributed by atoms with van der Waals surface area (Å²) in [7, 11) is 0. The molecule has 0 aliphatic heterocycles. The fourth-order valence-electron chi connectivity index (χ4n) is 1.67. The highest BCUT2D eigenvalue weighted by Crippen LogP contribution is 2.47. The van der Waals surface area contributed by atoms with Gasteiger partial charge in [0.25, 0.3) is 0 Å². The number of rotatable bonds is 2. The van der Waals surface area contributed by atoms with Gasteiger partial charge in [0.1, 0.15) is 5.76 Å². The molecule has 1 aromatic heterocycles. The van der Waals surface area contributed by atoms with Gasteiger partial charge in [0.15, 0.2) is 0 Å². The van der Waals surface area contributed by atoms with Crippen molar-refractivity contribution in [2.45, 2.75) is 19.3 Å². The van der Waals surface area contributed by atoms with Crippen molar-refractivity contribution in [2.24, 2.45) is 11.7 Å². The maximum absolute atomic E-state index is 5.55. The van der Waals surface area contributed by atoms with Crippen molar-refractivity contribution in [3.63, 3.8) is 0 Å². The molecule has 1 heterocycles. The number of aryl methyl sites for hydroxylation is 1. The molecular formula is C9H13NO. The number of hydrogen-bond donors (Lipinski definition) is 1. The third-order valence-electron chi connectivity index (χ3n) is 2.52. The SMILES string of the molecule is Cc1occc1C1CC1CN. The van der Waals surface area contributed by atoms with E-state index < -0.39 is 0 Å². The predicted octanol–water partition coefficient (Wildman–Crippen LogP) is 1.65. The minimum Gasteiger partial charge on any atom is -0.469 e. The van der Waals surface area contributed by atoms with Crippen LogP contribution in [0.3, 0.4) is 0 Å². The first-order valence-electron chi connectivity index (χ1n) is 4.07. The van der Waals surface area contributed by atoms with Crippen molar-refractivity contribution < 1.29 is 4.42 Å². The Morgan fingerprint density at radius 3 is 3.00 bits per heavy atom. The molecule has 2 N–H and O–H groups in total. The van der Waals surface area contributed by atoms with Crippen LogP contribution in [0.25, 0.3) is 0 Å². The van der Waals surface area contributed by atoms with Gasteiger partial charge in [0.2, 0.25) is 0 Å². The zero-order chi connectivity index (χ0) is 7.84. The van der Waals surface area contributed by atoms with E-state index in [4.69, 9.17) is 10.2 Å². The highest BCUT2D eigenvalue weighted by atomic mass is 16.3. The van der Waals surface area contributed by atoms with E-state index in [9.17, 15) is 0 Å². The minimum absolute atomic E-state index is 0.693. The van der Waals surface area contributed by atoms with Crippen LogP contribution in [-0.4, -0.2) is 6.54 Å². The Morgan fingerprint density at radius 1 is 1.73 bits per heavy atom. The molecule has 2 rings (SSSR count). The summed E-state index contributed by atoms with van der Waals surface area (Å²) in [5.41, 5.74) is 6.91. The topological polar surface area (TPSA) is 39.2 Å². The normalized spacial score (nSPS) is 28.9. The van der Waals surface area contributed by atoms with Crippen LogP contribution in [-0.2, 0) is 0 Å². The lowest BCUT2D eigenvalue weighted by atomic mass is 10.1. The molecule has 2 nitrogen and oxygen atoms in total. The molecule has 0 radical (unpaired) electrons. The van der Waals surface area contributed by atoms with Crippen LogP contribution in [0, 0.1) is 12.8 Å². The summed E-state index contributed by atoms with van der Waals surface area (Å²) < 4.78 is 5.22. The molecular weight excluding hydrogens is 138 g/mol. The van der Waals surface area contributed by atoms with Gasteiger partial charge < -0.3 is 10.2 Å². The van der Waals surface area contributed by atoms with Gasteiger partial charge in [-0.25, -0.2) is 0 Å². The van der Waals surface area contributed by atoms with Gasteiger partial charge >= 0.3 is 0 Å². The number of furan rings is 1. The molecule has 60 valence electrons. The number of nitrogens with two attached hydrogens (primary N) is 1. The molecule has 2 heteroatoms. The Hall–Kier alpha value is -0.760. The fourth-order valence-corrected chi connectivity index (χ4v) is 1.67. The third-order valence-corrected chi connectivity index (χ3v) is 2.52. The van der Waals surface area contributed by atoms with Crippen molar-refractivity contribution in [1.82, 2.24) is 0 Å². The second-order valence-corrected chi connectivity index (χ2v) is 3.27. The quantitative estimate of drug-likeness (QED) is 0.698. The summed E-state index contributed by atoms with van der Waals surface area (Å²) in [6.45, 7) is 2.83. The summed E-state index contributed by atoms with van der Waals surface area (Å²) in [5, 5.41) is 0. The average molecular weight is 151 g/mol. The monoisotopic (exact) mass is 151 g/mol. The van der Waals surface area contributed by atoms with Gasteiger partial charge in [-0.3, -0.25) is 0 Å². The van der Waals surface area contributed by atoms with E-state index in [1.165, 1.54) is 12.0 Å². The first-order chi connectivity index (χ1) is 5.33. The largest absolute Gasteiger partial charge is 0.469 e. The Morgan fingerprint density at radius 2 is 2.55 bits per heavy atom. The lowest BCUT2D eigenvalue weighted by molar-refractivity contribution is 0.529. The highest BCUT2D eigenvalue weighted by molar-refractivity contribution is 5.27. The summed E-state index contributed by atoms with van der Waals surface area (Å²) in [6.07, 6.45) is 3.01. The Balaban J connectivity index is 2.14. The second kappa shape index (κ2) is 2.38. The first-order valence-corrected chi connectivity index (χ1v) is 4.07. The van der Waals surface area contributed by atoms with Gasteiger partial charge in [-0.2, -0.15) is 0 Å². The molecule has 1 aliphatic rings. The maximum atomic E-state index is 5.55. The van der Waals surface area contributed by atoms with Crippen molar-refractivity contribution in [3.8, 4) is 0 Å². The van der Waals surface area contributed by atoms with E-state index in [1.54, 1.807) is 6.26 Å². The molecule has 0 bridgehead atoms. The van der Waals surface area contributed by atoms with Gasteiger partial charge in [-0.1, -0.05) is 0 Å². The van der Waals surface area contributed by atoms with Crippen molar-refractivity contribution in [1.29, 1.82) is 0 Å². The summed E-state index contributed by atoms with van der Waals surface area (Å²) in [5.74, 6) is 2.47. The minimum atomic E-state index is 0.693. The van der Waals surface area contributed by atoms with Gasteiger partial charge in [0, 0.05) is 0 Å². The lowest BCUT2D eigenvalue weighted by Crippen LogP contribution is -2.01. The number of hydrogen-bond acceptors (Lipinski definition) is 2. The van der Waals surface area contributed by atoms with Crippen molar-refractivity contribution >= 4 is 0 Å². The van der Waals surface area contributed by atoms with Crippen LogP contribution in [0.5, 0.6) is 0 Å². The molecule has 1 aromatic rings. The van der Waals surface area contributed by atoms with Crippen LogP contribution in [0.15, 0.2) is 16.7 Å². The summed E-state index contributed by atoms with van der Waals surface area (Å²) in [6, 6.07) is 2.07. The fraction of sp³-hybridized carbons (Fsp3) is 0.556. The van der Waals surface area contributed by atoms with Crippen LogP contribution in [0.2, 0.25) is 0 Å². The standard InChI is InChI=1S/C9H13NO/c1-6-8(2-3-11-6)9-4-7(9)5-10/h2-3,7,9H,4-5,10H2,1H3. The second-order valence-electron chi connectivity index (χ2n) is 3.27. The Bertz CT molecular complexity index is 254. The van der Waals surface area contributed by atoms with Crippen LogP contribution < -0.4 is 5.73 Å². The van der Waals surface area contributed by atoms with Crippen LogP contribution >= 0.6 is 0 Å². The lowest BCUT2D eigenvalue weighted by Gasteiger charge is -1.93. The van der Waals surface area contributed by atoms with E-state index in [0.29, 0.717) is 11.8 Å². The predicted molar refractivity (Wildman–Crippen MR) is 43.3 cm³/mol. The van der Waals surface area contributed by atoms with Crippen molar-refractivity contribution in [3.05, 3.63) is 23.7 Å². The zero-order valence-corrected chi connectivity index (χ0v) is 6.71. The summed E-state index contributed by atoms with van der Waals surface area (Å²) in [4.78, 5) is 0. The molecule has 1 fully saturated rings. The van der Waals surface area contributed by atoms with E-state index in [-0.39, 0.29) is 0 Å². The molecule has 2 atom stereocenters. The Labute approximate surface area is 66.4 Å². The summed E-state index contributed by atoms with van der Waals surface area (Å²) >= 11 is 0. The molecule has 0 amide bonds. The average Bonchev–Trinajstić information content (AvgIpc) is 2.68. The molecule has 2 unspecified atom stereocenters. The van der Waals surface area contributed by atoms with Gasteiger partial charge in [-0.05, 0) is 43.4 Å². The molecule has 0 aromatic carbocycles. The van der Waals surface area contributed by atoms with E-state index in [2.05, 4.69) is 6.07 Å². The van der Waals surface area contributed by atoms with Crippen molar-refractivity contribution in [2.75, 3.05) is 6.54 Å². The molecule has 11 heavy (non-hydrogen) atoms. The van der Waals surface area contributed by atoms with Gasteiger partial charge in [-0.15, -0.1) is 0 Å². The molecule has 0 spiro atoms. The molecule has 0 saturated heterocycles. The molecule has 1 aliphatic carbocycles.